The Balaban J connectivity index is 1.90. The third kappa shape index (κ3) is 2.88. The Bertz CT molecular complexity index is 514. The number of nitrogens with two attached hydrogens (primary N) is 1. The zero-order chi connectivity index (χ0) is 13.0. The Kier molecular flexibility index (Phi) is 3.62. The lowest BCUT2D eigenvalue weighted by molar-refractivity contribution is -0.116. The number of aromatic nitrogens is 2. The van der Waals surface area contributed by atoms with Gasteiger partial charge < -0.3 is 11.1 Å². The van der Waals surface area contributed by atoms with Gasteiger partial charge in [0.15, 0.2) is 5.82 Å². The number of nitrogens with zero attached hydrogens (tertiary/aromatic N) is 2. The van der Waals surface area contributed by atoms with Crippen LogP contribution < -0.4 is 11.1 Å². The van der Waals surface area contributed by atoms with E-state index in [1.165, 1.54) is 6.20 Å². The fourth-order valence-electron chi connectivity index (χ4n) is 1.70. The SMILES string of the molecule is Cn1ncc(N)c1NC(=O)CCc1ccccc1. The molecule has 0 fully saturated rings. The summed E-state index contributed by atoms with van der Waals surface area (Å²) < 4.78 is 1.55. The first kappa shape index (κ1) is 12.2. The van der Waals surface area contributed by atoms with Crippen molar-refractivity contribution in [2.24, 2.45) is 7.05 Å². The van der Waals surface area contributed by atoms with Gasteiger partial charge in [-0.05, 0) is 12.0 Å². The van der Waals surface area contributed by atoms with Crippen molar-refractivity contribution in [3.8, 4) is 0 Å². The molecule has 18 heavy (non-hydrogen) atoms. The number of nitrogens with one attached hydrogen (secondary N) is 1. The highest BCUT2D eigenvalue weighted by Gasteiger charge is 2.09. The van der Waals surface area contributed by atoms with Crippen molar-refractivity contribution in [1.82, 2.24) is 9.78 Å². The van der Waals surface area contributed by atoms with E-state index in [-0.39, 0.29) is 5.91 Å². The van der Waals surface area contributed by atoms with Crippen LogP contribution in [0.25, 0.3) is 0 Å². The lowest BCUT2D eigenvalue weighted by Gasteiger charge is -2.06. The molecule has 2 rings (SSSR count). The molecule has 0 aliphatic rings. The molecule has 0 saturated heterocycles. The lowest BCUT2D eigenvalue weighted by Crippen LogP contribution is -2.15. The van der Waals surface area contributed by atoms with Crippen LogP contribution in [-0.4, -0.2) is 15.7 Å². The van der Waals surface area contributed by atoms with Crippen LogP contribution in [0, 0.1) is 0 Å². The summed E-state index contributed by atoms with van der Waals surface area (Å²) in [4.78, 5) is 11.8. The molecular weight excluding hydrogens is 228 g/mol. The minimum absolute atomic E-state index is 0.0610. The second kappa shape index (κ2) is 5.35. The normalized spacial score (nSPS) is 10.3. The van der Waals surface area contributed by atoms with E-state index >= 15 is 0 Å². The minimum atomic E-state index is -0.0610. The van der Waals surface area contributed by atoms with Gasteiger partial charge >= 0.3 is 0 Å². The summed E-state index contributed by atoms with van der Waals surface area (Å²) in [5.41, 5.74) is 7.32. The Morgan fingerprint density at radius 3 is 2.72 bits per heavy atom. The number of amides is 1. The van der Waals surface area contributed by atoms with Crippen molar-refractivity contribution in [3.05, 3.63) is 42.1 Å². The van der Waals surface area contributed by atoms with Crippen LogP contribution >= 0.6 is 0 Å². The van der Waals surface area contributed by atoms with Crippen LogP contribution in [0.3, 0.4) is 0 Å². The van der Waals surface area contributed by atoms with Gasteiger partial charge in [0.05, 0.1) is 11.9 Å². The van der Waals surface area contributed by atoms with Gasteiger partial charge in [0.2, 0.25) is 5.91 Å². The van der Waals surface area contributed by atoms with Crippen LogP contribution in [0.1, 0.15) is 12.0 Å². The lowest BCUT2D eigenvalue weighted by atomic mass is 10.1. The van der Waals surface area contributed by atoms with Crippen molar-refractivity contribution in [2.45, 2.75) is 12.8 Å². The summed E-state index contributed by atoms with van der Waals surface area (Å²) in [5, 5.41) is 6.73. The molecule has 94 valence electrons. The molecule has 0 spiro atoms. The molecule has 0 atom stereocenters. The second-order valence-corrected chi connectivity index (χ2v) is 4.11. The summed E-state index contributed by atoms with van der Waals surface area (Å²) in [6.45, 7) is 0. The van der Waals surface area contributed by atoms with Crippen molar-refractivity contribution >= 4 is 17.4 Å². The maximum Gasteiger partial charge on any atom is 0.225 e. The number of carbonyl (C=O) groups is 1. The molecule has 3 N–H and O–H groups in total. The molecule has 0 unspecified atom stereocenters. The third-order valence-corrected chi connectivity index (χ3v) is 2.71. The van der Waals surface area contributed by atoms with Crippen LogP contribution in [0.2, 0.25) is 0 Å². The zero-order valence-corrected chi connectivity index (χ0v) is 10.3. The van der Waals surface area contributed by atoms with Gasteiger partial charge in [0.1, 0.15) is 0 Å². The highest BCUT2D eigenvalue weighted by Crippen LogP contribution is 2.16. The van der Waals surface area contributed by atoms with E-state index in [0.717, 1.165) is 5.56 Å². The first-order chi connectivity index (χ1) is 8.66. The maximum absolute atomic E-state index is 11.8. The number of nitrogen functional groups attached to an aromatic ring is 1. The van der Waals surface area contributed by atoms with E-state index in [1.807, 2.05) is 30.3 Å². The van der Waals surface area contributed by atoms with Crippen LogP contribution in [-0.2, 0) is 18.3 Å². The predicted octanol–water partition coefficient (Wildman–Crippen LogP) is 1.57. The van der Waals surface area contributed by atoms with E-state index in [9.17, 15) is 4.79 Å². The van der Waals surface area contributed by atoms with Crippen LogP contribution in [0.5, 0.6) is 0 Å². The summed E-state index contributed by atoms with van der Waals surface area (Å²) in [6.07, 6.45) is 2.66. The molecule has 0 saturated carbocycles. The fraction of sp³-hybridized carbons (Fsp3) is 0.231. The largest absolute Gasteiger partial charge is 0.394 e. The average molecular weight is 244 g/mol. The Hall–Kier alpha value is -2.30. The summed E-state index contributed by atoms with van der Waals surface area (Å²) in [7, 11) is 1.74. The van der Waals surface area contributed by atoms with Gasteiger partial charge in [-0.15, -0.1) is 0 Å². The van der Waals surface area contributed by atoms with Crippen LogP contribution in [0.15, 0.2) is 36.5 Å². The number of hydrogen-bond acceptors (Lipinski definition) is 3. The minimum Gasteiger partial charge on any atom is -0.394 e. The molecule has 0 bridgehead atoms. The van der Waals surface area contributed by atoms with E-state index < -0.39 is 0 Å². The molecule has 5 nitrogen and oxygen atoms in total. The topological polar surface area (TPSA) is 72.9 Å². The van der Waals surface area contributed by atoms with Gasteiger partial charge in [-0.3, -0.25) is 9.48 Å². The second-order valence-electron chi connectivity index (χ2n) is 4.11. The molecule has 2 aromatic rings. The van der Waals surface area contributed by atoms with Gasteiger partial charge in [-0.2, -0.15) is 5.10 Å². The Morgan fingerprint density at radius 2 is 2.11 bits per heavy atom. The molecule has 0 aliphatic heterocycles. The number of aryl methyl sites for hydroxylation is 2. The molecule has 5 heteroatoms. The molecule has 1 amide bonds. The summed E-state index contributed by atoms with van der Waals surface area (Å²) in [5.74, 6) is 0.488. The quantitative estimate of drug-likeness (QED) is 0.857. The molecule has 1 heterocycles. The first-order valence-corrected chi connectivity index (χ1v) is 5.78. The van der Waals surface area contributed by atoms with Crippen LogP contribution in [0.4, 0.5) is 11.5 Å². The monoisotopic (exact) mass is 244 g/mol. The van der Waals surface area contributed by atoms with Crippen molar-refractivity contribution in [1.29, 1.82) is 0 Å². The standard InChI is InChI=1S/C13H16N4O/c1-17-13(11(14)9-15-17)16-12(18)8-7-10-5-3-2-4-6-10/h2-6,9H,7-8,14H2,1H3,(H,16,18). The zero-order valence-electron chi connectivity index (χ0n) is 10.3. The van der Waals surface area contributed by atoms with E-state index in [1.54, 1.807) is 11.7 Å². The molecule has 0 aliphatic carbocycles. The predicted molar refractivity (Wildman–Crippen MR) is 71.0 cm³/mol. The number of anilines is 2. The van der Waals surface area contributed by atoms with Crippen molar-refractivity contribution in [3.63, 3.8) is 0 Å². The van der Waals surface area contributed by atoms with Crippen molar-refractivity contribution < 1.29 is 4.79 Å². The summed E-state index contributed by atoms with van der Waals surface area (Å²) in [6, 6.07) is 9.90. The Labute approximate surface area is 106 Å². The third-order valence-electron chi connectivity index (χ3n) is 2.71. The molecule has 1 aromatic carbocycles. The maximum atomic E-state index is 11.8. The average Bonchev–Trinajstić information content (AvgIpc) is 2.69. The fourth-order valence-corrected chi connectivity index (χ4v) is 1.70. The smallest absolute Gasteiger partial charge is 0.225 e. The number of hydrogen-bond donors (Lipinski definition) is 2. The highest BCUT2D eigenvalue weighted by atomic mass is 16.1. The van der Waals surface area contributed by atoms with E-state index in [4.69, 9.17) is 5.73 Å². The summed E-state index contributed by atoms with van der Waals surface area (Å²) >= 11 is 0. The first-order valence-electron chi connectivity index (χ1n) is 5.78. The van der Waals surface area contributed by atoms with Gasteiger partial charge in [-0.1, -0.05) is 30.3 Å². The van der Waals surface area contributed by atoms with Gasteiger partial charge in [-0.25, -0.2) is 0 Å². The van der Waals surface area contributed by atoms with Crippen molar-refractivity contribution in [2.75, 3.05) is 11.1 Å². The van der Waals surface area contributed by atoms with E-state index in [2.05, 4.69) is 10.4 Å². The molecular formula is C13H16N4O. The van der Waals surface area contributed by atoms with E-state index in [0.29, 0.717) is 24.3 Å². The number of carbonyl (C=O) groups excluding carboxylic acids is 1. The number of rotatable bonds is 4. The Morgan fingerprint density at radius 1 is 1.39 bits per heavy atom. The highest BCUT2D eigenvalue weighted by molar-refractivity contribution is 5.92. The van der Waals surface area contributed by atoms with Gasteiger partial charge in [0.25, 0.3) is 0 Å². The van der Waals surface area contributed by atoms with Gasteiger partial charge in [0, 0.05) is 13.5 Å². The number of benzene rings is 1. The molecule has 1 aromatic heterocycles. The molecule has 0 radical (unpaired) electrons.